The molecule has 0 spiro atoms. The van der Waals surface area contributed by atoms with Crippen LogP contribution in [-0.2, 0) is 12.6 Å². The molecule has 6 nitrogen and oxygen atoms in total. The van der Waals surface area contributed by atoms with E-state index in [1.165, 1.54) is 0 Å². The van der Waals surface area contributed by atoms with Crippen molar-refractivity contribution in [3.05, 3.63) is 47.2 Å². The summed E-state index contributed by atoms with van der Waals surface area (Å²) in [6.07, 6.45) is -3.21. The van der Waals surface area contributed by atoms with Gasteiger partial charge in [0, 0.05) is 18.1 Å². The summed E-state index contributed by atoms with van der Waals surface area (Å²) in [6, 6.07) is 6.79. The minimum Gasteiger partial charge on any atom is -0.493 e. The number of hydrogen-bond donors (Lipinski definition) is 0. The van der Waals surface area contributed by atoms with Crippen LogP contribution in [0.1, 0.15) is 29.3 Å². The Bertz CT molecular complexity index is 887. The molecule has 2 heterocycles. The summed E-state index contributed by atoms with van der Waals surface area (Å²) in [4.78, 5) is 3.37. The molecule has 0 amide bonds. The van der Waals surface area contributed by atoms with Crippen molar-refractivity contribution in [3.8, 4) is 17.1 Å². The molecule has 0 atom stereocenters. The molecular weight excluding hydrogens is 351 g/mol. The van der Waals surface area contributed by atoms with E-state index in [1.807, 2.05) is 13.0 Å². The first-order chi connectivity index (χ1) is 12.3. The minimum atomic E-state index is -4.66. The first-order valence-corrected chi connectivity index (χ1v) is 7.90. The number of ether oxygens (including phenoxy) is 1. The van der Waals surface area contributed by atoms with Crippen LogP contribution in [0.3, 0.4) is 0 Å². The summed E-state index contributed by atoms with van der Waals surface area (Å²) >= 11 is 0. The summed E-state index contributed by atoms with van der Waals surface area (Å²) in [5, 5.41) is 7.19. The fourth-order valence-electron chi connectivity index (χ4n) is 2.37. The molecule has 0 radical (unpaired) electrons. The highest BCUT2D eigenvalue weighted by Gasteiger charge is 2.38. The molecule has 0 saturated carbocycles. The van der Waals surface area contributed by atoms with Gasteiger partial charge in [0.1, 0.15) is 11.5 Å². The summed E-state index contributed by atoms with van der Waals surface area (Å²) in [7, 11) is 0. The molecule has 2 aromatic heterocycles. The van der Waals surface area contributed by atoms with Crippen molar-refractivity contribution in [2.24, 2.45) is 0 Å². The lowest BCUT2D eigenvalue weighted by Crippen LogP contribution is -2.04. The van der Waals surface area contributed by atoms with E-state index >= 15 is 0 Å². The quantitative estimate of drug-likeness (QED) is 0.602. The van der Waals surface area contributed by atoms with Crippen LogP contribution in [0.25, 0.3) is 11.4 Å². The van der Waals surface area contributed by atoms with E-state index in [2.05, 4.69) is 19.8 Å². The van der Waals surface area contributed by atoms with Crippen LogP contribution in [0.5, 0.6) is 5.75 Å². The van der Waals surface area contributed by atoms with E-state index in [0.29, 0.717) is 24.3 Å². The van der Waals surface area contributed by atoms with E-state index in [-0.39, 0.29) is 5.82 Å². The van der Waals surface area contributed by atoms with E-state index in [9.17, 15) is 13.2 Å². The number of hydrogen-bond acceptors (Lipinski definition) is 6. The predicted octanol–water partition coefficient (Wildman–Crippen LogP) is 4.37. The van der Waals surface area contributed by atoms with E-state index in [4.69, 9.17) is 9.26 Å². The van der Waals surface area contributed by atoms with Crippen molar-refractivity contribution in [2.45, 2.75) is 32.9 Å². The van der Waals surface area contributed by atoms with Crippen LogP contribution < -0.4 is 4.74 Å². The van der Waals surface area contributed by atoms with Crippen molar-refractivity contribution < 1.29 is 27.0 Å². The average Bonchev–Trinajstić information content (AvgIpc) is 3.21. The number of rotatable bonds is 6. The van der Waals surface area contributed by atoms with Crippen molar-refractivity contribution in [3.63, 3.8) is 0 Å². The zero-order valence-electron chi connectivity index (χ0n) is 14.1. The molecule has 0 aliphatic rings. The van der Waals surface area contributed by atoms with Crippen LogP contribution in [0, 0.1) is 13.8 Å². The van der Waals surface area contributed by atoms with E-state index < -0.39 is 12.1 Å². The zero-order chi connectivity index (χ0) is 18.7. The topological polar surface area (TPSA) is 74.2 Å². The number of aryl methyl sites for hydroxylation is 3. The highest BCUT2D eigenvalue weighted by molar-refractivity contribution is 5.58. The van der Waals surface area contributed by atoms with Gasteiger partial charge in [0.2, 0.25) is 5.82 Å². The predicted molar refractivity (Wildman–Crippen MR) is 84.5 cm³/mol. The summed E-state index contributed by atoms with van der Waals surface area (Å²) in [5.41, 5.74) is 2.02. The van der Waals surface area contributed by atoms with Crippen molar-refractivity contribution in [2.75, 3.05) is 6.61 Å². The normalized spacial score (nSPS) is 11.7. The van der Waals surface area contributed by atoms with Gasteiger partial charge in [0.15, 0.2) is 0 Å². The Morgan fingerprint density at radius 2 is 1.88 bits per heavy atom. The number of alkyl halides is 3. The standard InChI is InChI=1S/C17H16F3N3O3/c1-10-8-12(15-21-16(26-23-15)17(18,19)20)5-6-14(10)24-7-3-4-13-9-11(2)22-25-13/h5-6,8-9H,3-4,7H2,1-2H3. The van der Waals surface area contributed by atoms with E-state index in [1.54, 1.807) is 25.1 Å². The fourth-order valence-corrected chi connectivity index (χ4v) is 2.37. The van der Waals surface area contributed by atoms with Crippen LogP contribution in [0.2, 0.25) is 0 Å². The Labute approximate surface area is 146 Å². The SMILES string of the molecule is Cc1cc(CCCOc2ccc(-c3noc(C(F)(F)F)n3)cc2C)on1. The average molecular weight is 367 g/mol. The zero-order valence-corrected chi connectivity index (χ0v) is 14.1. The molecule has 26 heavy (non-hydrogen) atoms. The second kappa shape index (κ2) is 7.19. The number of halogens is 3. The molecule has 0 unspecified atom stereocenters. The van der Waals surface area contributed by atoms with Crippen molar-refractivity contribution >= 4 is 0 Å². The van der Waals surface area contributed by atoms with Crippen molar-refractivity contribution in [1.29, 1.82) is 0 Å². The molecular formula is C17H16F3N3O3. The number of benzene rings is 1. The lowest BCUT2D eigenvalue weighted by atomic mass is 10.1. The third-order valence-corrected chi connectivity index (χ3v) is 3.60. The minimum absolute atomic E-state index is 0.118. The van der Waals surface area contributed by atoms with Crippen LogP contribution in [0.15, 0.2) is 33.3 Å². The second-order valence-electron chi connectivity index (χ2n) is 5.79. The Hall–Kier alpha value is -2.84. The van der Waals surface area contributed by atoms with Gasteiger partial charge in [0.05, 0.1) is 12.3 Å². The molecule has 138 valence electrons. The molecule has 0 N–H and O–H groups in total. The molecule has 3 rings (SSSR count). The maximum atomic E-state index is 12.5. The lowest BCUT2D eigenvalue weighted by molar-refractivity contribution is -0.159. The second-order valence-corrected chi connectivity index (χ2v) is 5.79. The van der Waals surface area contributed by atoms with Gasteiger partial charge in [-0.2, -0.15) is 18.2 Å². The molecule has 0 aliphatic carbocycles. The lowest BCUT2D eigenvalue weighted by Gasteiger charge is -2.09. The maximum absolute atomic E-state index is 12.5. The largest absolute Gasteiger partial charge is 0.493 e. The molecule has 0 saturated heterocycles. The van der Waals surface area contributed by atoms with Gasteiger partial charge < -0.3 is 13.8 Å². The Morgan fingerprint density at radius 3 is 2.50 bits per heavy atom. The van der Waals surface area contributed by atoms with Gasteiger partial charge in [-0.15, -0.1) is 0 Å². The molecule has 0 fully saturated rings. The molecule has 9 heteroatoms. The van der Waals surface area contributed by atoms with Crippen LogP contribution >= 0.6 is 0 Å². The third kappa shape index (κ3) is 4.22. The highest BCUT2D eigenvalue weighted by atomic mass is 19.4. The summed E-state index contributed by atoms with van der Waals surface area (Å²) < 4.78 is 52.7. The van der Waals surface area contributed by atoms with E-state index in [0.717, 1.165) is 23.4 Å². The Balaban J connectivity index is 1.59. The Morgan fingerprint density at radius 1 is 1.08 bits per heavy atom. The van der Waals surface area contributed by atoms with Gasteiger partial charge in [-0.05, 0) is 44.0 Å². The first-order valence-electron chi connectivity index (χ1n) is 7.90. The highest BCUT2D eigenvalue weighted by Crippen LogP contribution is 2.30. The van der Waals surface area contributed by atoms with Gasteiger partial charge in [0.25, 0.3) is 0 Å². The van der Waals surface area contributed by atoms with Gasteiger partial charge in [-0.1, -0.05) is 10.3 Å². The van der Waals surface area contributed by atoms with Crippen LogP contribution in [0.4, 0.5) is 13.2 Å². The van der Waals surface area contributed by atoms with Gasteiger partial charge in [-0.3, -0.25) is 0 Å². The summed E-state index contributed by atoms with van der Waals surface area (Å²) in [6.45, 7) is 4.12. The Kier molecular flexibility index (Phi) is 4.97. The van der Waals surface area contributed by atoms with Gasteiger partial charge >= 0.3 is 12.1 Å². The monoisotopic (exact) mass is 367 g/mol. The third-order valence-electron chi connectivity index (χ3n) is 3.60. The number of aromatic nitrogens is 3. The molecule has 0 aliphatic heterocycles. The van der Waals surface area contributed by atoms with Gasteiger partial charge in [-0.25, -0.2) is 0 Å². The van der Waals surface area contributed by atoms with Crippen LogP contribution in [-0.4, -0.2) is 21.9 Å². The smallest absolute Gasteiger partial charge is 0.471 e. The molecule has 0 bridgehead atoms. The molecule has 3 aromatic rings. The maximum Gasteiger partial charge on any atom is 0.471 e. The summed E-state index contributed by atoms with van der Waals surface area (Å²) in [5.74, 6) is -0.0430. The fraction of sp³-hybridized carbons (Fsp3) is 0.353. The van der Waals surface area contributed by atoms with Crippen molar-refractivity contribution in [1.82, 2.24) is 15.3 Å². The number of nitrogens with zero attached hydrogens (tertiary/aromatic N) is 3. The first kappa shape index (κ1) is 18.0. The molecule has 1 aromatic carbocycles.